The molecule has 1 aromatic heterocycles. The minimum atomic E-state index is -3.14. The van der Waals surface area contributed by atoms with E-state index in [1.165, 1.54) is 17.6 Å². The Bertz CT molecular complexity index is 617. The van der Waals surface area contributed by atoms with Crippen LogP contribution in [-0.2, 0) is 15.7 Å². The molecule has 0 saturated carbocycles. The largest absolute Gasteiger partial charge is 0.240 e. The van der Waals surface area contributed by atoms with E-state index in [0.29, 0.717) is 10.8 Å². The van der Waals surface area contributed by atoms with Crippen molar-refractivity contribution in [2.75, 3.05) is 6.26 Å². The van der Waals surface area contributed by atoms with E-state index in [0.717, 1.165) is 16.3 Å². The van der Waals surface area contributed by atoms with Gasteiger partial charge >= 0.3 is 0 Å². The van der Waals surface area contributed by atoms with Crippen molar-refractivity contribution < 1.29 is 8.42 Å². The third kappa shape index (κ3) is 2.86. The van der Waals surface area contributed by atoms with Gasteiger partial charge in [-0.15, -0.1) is 22.9 Å². The van der Waals surface area contributed by atoms with E-state index < -0.39 is 9.84 Å². The Kier molecular flexibility index (Phi) is 3.51. The number of halogens is 1. The van der Waals surface area contributed by atoms with E-state index in [-0.39, 0.29) is 0 Å². The number of hydrogen-bond donors (Lipinski definition) is 0. The van der Waals surface area contributed by atoms with E-state index in [2.05, 4.69) is 4.98 Å². The summed E-state index contributed by atoms with van der Waals surface area (Å²) < 4.78 is 22.6. The molecule has 6 heteroatoms. The fourth-order valence-electron chi connectivity index (χ4n) is 1.38. The van der Waals surface area contributed by atoms with Gasteiger partial charge < -0.3 is 0 Å². The summed E-state index contributed by atoms with van der Waals surface area (Å²) in [4.78, 5) is 4.64. The number of rotatable bonds is 3. The van der Waals surface area contributed by atoms with Gasteiger partial charge in [-0.3, -0.25) is 0 Å². The number of hydrogen-bond acceptors (Lipinski definition) is 4. The van der Waals surface area contributed by atoms with Gasteiger partial charge in [0.05, 0.1) is 16.5 Å². The second-order valence-corrected chi connectivity index (χ2v) is 6.78. The fourth-order valence-corrected chi connectivity index (χ4v) is 2.91. The molecule has 0 aliphatic rings. The Morgan fingerprint density at radius 3 is 2.41 bits per heavy atom. The number of aromatic nitrogens is 1. The first-order valence-corrected chi connectivity index (χ1v) is 8.12. The van der Waals surface area contributed by atoms with Gasteiger partial charge in [0.2, 0.25) is 0 Å². The third-order valence-corrected chi connectivity index (χ3v) is 4.63. The van der Waals surface area contributed by atoms with Crippen LogP contribution in [0.15, 0.2) is 34.5 Å². The highest BCUT2D eigenvalue weighted by molar-refractivity contribution is 7.90. The SMILES string of the molecule is CS(=O)(=O)c1ccc(-c2csc(CCl)n2)cc1. The van der Waals surface area contributed by atoms with Crippen molar-refractivity contribution in [2.24, 2.45) is 0 Å². The molecule has 0 fully saturated rings. The summed E-state index contributed by atoms with van der Waals surface area (Å²) in [6.07, 6.45) is 1.19. The first-order valence-electron chi connectivity index (χ1n) is 4.81. The minimum Gasteiger partial charge on any atom is -0.240 e. The topological polar surface area (TPSA) is 47.0 Å². The lowest BCUT2D eigenvalue weighted by Crippen LogP contribution is -1.96. The summed E-state index contributed by atoms with van der Waals surface area (Å²) >= 11 is 7.17. The molecule has 2 rings (SSSR count). The van der Waals surface area contributed by atoms with Crippen LogP contribution in [0.2, 0.25) is 0 Å². The zero-order chi connectivity index (χ0) is 12.5. The van der Waals surface area contributed by atoms with Gasteiger partial charge in [-0.1, -0.05) is 12.1 Å². The Hall–Kier alpha value is -0.910. The van der Waals surface area contributed by atoms with Gasteiger partial charge in [-0.2, -0.15) is 0 Å². The highest BCUT2D eigenvalue weighted by atomic mass is 35.5. The lowest BCUT2D eigenvalue weighted by atomic mass is 10.2. The van der Waals surface area contributed by atoms with Crippen LogP contribution >= 0.6 is 22.9 Å². The standard InChI is InChI=1S/C11H10ClNO2S2/c1-17(14,15)9-4-2-8(3-5-9)10-7-16-11(6-12)13-10/h2-5,7H,6H2,1H3. The molecule has 0 amide bonds. The maximum absolute atomic E-state index is 11.3. The highest BCUT2D eigenvalue weighted by Gasteiger charge is 2.08. The quantitative estimate of drug-likeness (QED) is 0.816. The molecule has 0 spiro atoms. The Balaban J connectivity index is 2.35. The van der Waals surface area contributed by atoms with E-state index in [9.17, 15) is 8.42 Å². The van der Waals surface area contributed by atoms with Crippen molar-refractivity contribution in [1.29, 1.82) is 0 Å². The third-order valence-electron chi connectivity index (χ3n) is 2.24. The summed E-state index contributed by atoms with van der Waals surface area (Å²) in [6, 6.07) is 6.68. The Morgan fingerprint density at radius 1 is 1.29 bits per heavy atom. The Morgan fingerprint density at radius 2 is 1.94 bits per heavy atom. The van der Waals surface area contributed by atoms with Crippen molar-refractivity contribution in [3.8, 4) is 11.3 Å². The molecule has 0 radical (unpaired) electrons. The van der Waals surface area contributed by atoms with Gasteiger partial charge in [-0.05, 0) is 12.1 Å². The second-order valence-electron chi connectivity index (χ2n) is 3.56. The molecular formula is C11H10ClNO2S2. The van der Waals surface area contributed by atoms with Gasteiger partial charge in [0.1, 0.15) is 5.01 Å². The van der Waals surface area contributed by atoms with E-state index in [1.807, 2.05) is 5.38 Å². The van der Waals surface area contributed by atoms with Crippen molar-refractivity contribution in [3.05, 3.63) is 34.7 Å². The lowest BCUT2D eigenvalue weighted by molar-refractivity contribution is 0.602. The summed E-state index contributed by atoms with van der Waals surface area (Å²) in [5.74, 6) is 0.395. The molecular weight excluding hydrogens is 278 g/mol. The van der Waals surface area contributed by atoms with Crippen LogP contribution in [0.4, 0.5) is 0 Å². The summed E-state index contributed by atoms with van der Waals surface area (Å²) in [7, 11) is -3.14. The van der Waals surface area contributed by atoms with E-state index >= 15 is 0 Å². The van der Waals surface area contributed by atoms with Gasteiger partial charge in [-0.25, -0.2) is 13.4 Å². The van der Waals surface area contributed by atoms with Crippen LogP contribution in [0.5, 0.6) is 0 Å². The smallest absolute Gasteiger partial charge is 0.175 e. The molecule has 0 bridgehead atoms. The molecule has 0 unspecified atom stereocenters. The van der Waals surface area contributed by atoms with Crippen LogP contribution in [0.1, 0.15) is 5.01 Å². The molecule has 0 aliphatic carbocycles. The minimum absolute atomic E-state index is 0.314. The molecule has 0 saturated heterocycles. The number of nitrogens with zero attached hydrogens (tertiary/aromatic N) is 1. The molecule has 1 aromatic carbocycles. The van der Waals surface area contributed by atoms with Gasteiger partial charge in [0.25, 0.3) is 0 Å². The molecule has 3 nitrogen and oxygen atoms in total. The number of sulfone groups is 1. The lowest BCUT2D eigenvalue weighted by Gasteiger charge is -2.00. The average molecular weight is 288 g/mol. The predicted molar refractivity (Wildman–Crippen MR) is 70.2 cm³/mol. The predicted octanol–water partition coefficient (Wildman–Crippen LogP) is 2.95. The number of thiazole rings is 1. The maximum atomic E-state index is 11.3. The van der Waals surface area contributed by atoms with Crippen LogP contribution in [0, 0.1) is 0 Å². The first kappa shape index (κ1) is 12.5. The first-order chi connectivity index (χ1) is 8.00. The van der Waals surface area contributed by atoms with E-state index in [4.69, 9.17) is 11.6 Å². The highest BCUT2D eigenvalue weighted by Crippen LogP contribution is 2.24. The number of alkyl halides is 1. The summed E-state index contributed by atoms with van der Waals surface area (Å²) in [5, 5.41) is 2.77. The zero-order valence-electron chi connectivity index (χ0n) is 9.05. The second kappa shape index (κ2) is 4.76. The van der Waals surface area contributed by atoms with Crippen molar-refractivity contribution >= 4 is 32.8 Å². The molecule has 0 atom stereocenters. The summed E-state index contributed by atoms with van der Waals surface area (Å²) in [6.45, 7) is 0. The van der Waals surface area contributed by atoms with Crippen molar-refractivity contribution in [2.45, 2.75) is 10.8 Å². The average Bonchev–Trinajstić information content (AvgIpc) is 2.76. The maximum Gasteiger partial charge on any atom is 0.175 e. The molecule has 2 aromatic rings. The monoisotopic (exact) mass is 287 g/mol. The fraction of sp³-hybridized carbons (Fsp3) is 0.182. The molecule has 17 heavy (non-hydrogen) atoms. The van der Waals surface area contributed by atoms with Crippen LogP contribution in [0.25, 0.3) is 11.3 Å². The molecule has 90 valence electrons. The van der Waals surface area contributed by atoms with E-state index in [1.54, 1.807) is 24.3 Å². The molecule has 0 aliphatic heterocycles. The molecule has 1 heterocycles. The van der Waals surface area contributed by atoms with Gasteiger partial charge in [0, 0.05) is 17.2 Å². The van der Waals surface area contributed by atoms with Gasteiger partial charge in [0.15, 0.2) is 9.84 Å². The van der Waals surface area contributed by atoms with Crippen LogP contribution in [-0.4, -0.2) is 19.7 Å². The normalized spacial score (nSPS) is 11.6. The van der Waals surface area contributed by atoms with Crippen molar-refractivity contribution in [3.63, 3.8) is 0 Å². The Labute approximate surface area is 109 Å². The zero-order valence-corrected chi connectivity index (χ0v) is 11.4. The van der Waals surface area contributed by atoms with Crippen molar-refractivity contribution in [1.82, 2.24) is 4.98 Å². The summed E-state index contributed by atoms with van der Waals surface area (Å²) in [5.41, 5.74) is 1.72. The van der Waals surface area contributed by atoms with Crippen LogP contribution in [0.3, 0.4) is 0 Å². The number of benzene rings is 1. The van der Waals surface area contributed by atoms with Crippen LogP contribution < -0.4 is 0 Å². The molecule has 0 N–H and O–H groups in total.